The van der Waals surface area contributed by atoms with Crippen LogP contribution >= 0.6 is 0 Å². The largest absolute Gasteiger partial charge is 0.372 e. The highest BCUT2D eigenvalue weighted by Crippen LogP contribution is 2.33. The Labute approximate surface area is 146 Å². The highest BCUT2D eigenvalue weighted by atomic mass is 16.5. The van der Waals surface area contributed by atoms with Crippen molar-refractivity contribution in [2.24, 2.45) is 0 Å². The van der Waals surface area contributed by atoms with Gasteiger partial charge in [0.1, 0.15) is 18.1 Å². The van der Waals surface area contributed by atoms with Crippen molar-refractivity contribution >= 4 is 5.91 Å². The molecule has 7 heteroatoms. The van der Waals surface area contributed by atoms with Gasteiger partial charge in [0, 0.05) is 25.1 Å². The first kappa shape index (κ1) is 16.1. The highest BCUT2D eigenvalue weighted by molar-refractivity contribution is 5.92. The summed E-state index contributed by atoms with van der Waals surface area (Å²) in [5.41, 5.74) is 1.46. The Balaban J connectivity index is 1.42. The SMILES string of the molecule is O=C(c1ccncn1)N1CCO[C@@H]2[C@@H](OCc3cccnc3)CC[C@@H]21. The molecule has 130 valence electrons. The van der Waals surface area contributed by atoms with Crippen LogP contribution in [0.15, 0.2) is 43.1 Å². The summed E-state index contributed by atoms with van der Waals surface area (Å²) in [5, 5.41) is 0. The molecule has 7 nitrogen and oxygen atoms in total. The smallest absolute Gasteiger partial charge is 0.272 e. The van der Waals surface area contributed by atoms with Gasteiger partial charge in [-0.2, -0.15) is 0 Å². The van der Waals surface area contributed by atoms with Gasteiger partial charge in [-0.15, -0.1) is 0 Å². The fraction of sp³-hybridized carbons (Fsp3) is 0.444. The Morgan fingerprint density at radius 1 is 1.28 bits per heavy atom. The highest BCUT2D eigenvalue weighted by Gasteiger charge is 2.45. The minimum Gasteiger partial charge on any atom is -0.372 e. The molecule has 4 rings (SSSR count). The van der Waals surface area contributed by atoms with Crippen molar-refractivity contribution < 1.29 is 14.3 Å². The number of nitrogens with zero attached hydrogens (tertiary/aromatic N) is 4. The van der Waals surface area contributed by atoms with Crippen LogP contribution in [0.3, 0.4) is 0 Å². The third kappa shape index (κ3) is 3.38. The molecule has 3 atom stereocenters. The topological polar surface area (TPSA) is 77.4 Å². The molecule has 25 heavy (non-hydrogen) atoms. The molecule has 0 spiro atoms. The minimum absolute atomic E-state index is 0.00814. The molecule has 2 fully saturated rings. The van der Waals surface area contributed by atoms with Crippen LogP contribution in [0.5, 0.6) is 0 Å². The summed E-state index contributed by atoms with van der Waals surface area (Å²) >= 11 is 0. The first-order valence-corrected chi connectivity index (χ1v) is 8.52. The molecular weight excluding hydrogens is 320 g/mol. The molecule has 3 heterocycles. The summed E-state index contributed by atoms with van der Waals surface area (Å²) in [6.07, 6.45) is 8.20. The molecule has 0 unspecified atom stereocenters. The number of hydrogen-bond acceptors (Lipinski definition) is 6. The number of fused-ring (bicyclic) bond motifs is 1. The van der Waals surface area contributed by atoms with Crippen LogP contribution in [0, 0.1) is 0 Å². The third-order valence-electron chi connectivity index (χ3n) is 4.78. The number of ether oxygens (including phenoxy) is 2. The van der Waals surface area contributed by atoms with Gasteiger partial charge in [-0.3, -0.25) is 9.78 Å². The average Bonchev–Trinajstić information content (AvgIpc) is 3.10. The maximum absolute atomic E-state index is 12.8. The molecule has 1 aliphatic heterocycles. The van der Waals surface area contributed by atoms with Crippen LogP contribution in [0.25, 0.3) is 0 Å². The third-order valence-corrected chi connectivity index (χ3v) is 4.78. The molecule has 1 saturated carbocycles. The molecule has 1 aliphatic carbocycles. The van der Waals surface area contributed by atoms with Crippen LogP contribution < -0.4 is 0 Å². The van der Waals surface area contributed by atoms with Crippen molar-refractivity contribution in [2.75, 3.05) is 13.2 Å². The molecule has 0 aromatic carbocycles. The molecule has 0 N–H and O–H groups in total. The Morgan fingerprint density at radius 3 is 3.04 bits per heavy atom. The summed E-state index contributed by atoms with van der Waals surface area (Å²) in [7, 11) is 0. The van der Waals surface area contributed by atoms with Gasteiger partial charge in [0.05, 0.1) is 25.4 Å². The van der Waals surface area contributed by atoms with Crippen LogP contribution in [-0.4, -0.2) is 57.2 Å². The van der Waals surface area contributed by atoms with E-state index in [1.165, 1.54) is 6.33 Å². The van der Waals surface area contributed by atoms with Crippen molar-refractivity contribution in [1.82, 2.24) is 19.9 Å². The van der Waals surface area contributed by atoms with Crippen molar-refractivity contribution in [3.05, 3.63) is 54.4 Å². The molecule has 2 aliphatic rings. The van der Waals surface area contributed by atoms with Crippen LogP contribution in [0.1, 0.15) is 28.9 Å². The molecule has 2 aromatic rings. The van der Waals surface area contributed by atoms with Crippen molar-refractivity contribution in [3.63, 3.8) is 0 Å². The normalized spacial score (nSPS) is 25.6. The summed E-state index contributed by atoms with van der Waals surface area (Å²) in [6, 6.07) is 5.58. The molecule has 1 saturated heterocycles. The van der Waals surface area contributed by atoms with E-state index in [1.54, 1.807) is 24.7 Å². The zero-order chi connectivity index (χ0) is 17.1. The van der Waals surface area contributed by atoms with Crippen molar-refractivity contribution in [2.45, 2.75) is 37.7 Å². The Hall–Kier alpha value is -2.38. The van der Waals surface area contributed by atoms with E-state index in [0.717, 1.165) is 18.4 Å². The fourth-order valence-corrected chi connectivity index (χ4v) is 3.60. The summed E-state index contributed by atoms with van der Waals surface area (Å²) in [4.78, 5) is 26.7. The van der Waals surface area contributed by atoms with Crippen LogP contribution in [-0.2, 0) is 16.1 Å². The zero-order valence-corrected chi connectivity index (χ0v) is 13.8. The van der Waals surface area contributed by atoms with Gasteiger partial charge >= 0.3 is 0 Å². The minimum atomic E-state index is -0.0868. The van der Waals surface area contributed by atoms with Gasteiger partial charge in [-0.1, -0.05) is 6.07 Å². The number of amides is 1. The second-order valence-corrected chi connectivity index (χ2v) is 6.28. The van der Waals surface area contributed by atoms with Gasteiger partial charge in [-0.05, 0) is 30.5 Å². The maximum atomic E-state index is 12.8. The van der Waals surface area contributed by atoms with Gasteiger partial charge in [-0.25, -0.2) is 9.97 Å². The van der Waals surface area contributed by atoms with E-state index >= 15 is 0 Å². The lowest BCUT2D eigenvalue weighted by molar-refractivity contribution is -0.108. The first-order chi connectivity index (χ1) is 12.3. The number of aromatic nitrogens is 3. The van der Waals surface area contributed by atoms with E-state index in [2.05, 4.69) is 15.0 Å². The maximum Gasteiger partial charge on any atom is 0.272 e. The van der Waals surface area contributed by atoms with E-state index in [1.807, 2.05) is 17.0 Å². The predicted octanol–water partition coefficient (Wildman–Crippen LogP) is 1.46. The first-order valence-electron chi connectivity index (χ1n) is 8.52. The Kier molecular flexibility index (Phi) is 4.67. The number of pyridine rings is 1. The number of rotatable bonds is 4. The van der Waals surface area contributed by atoms with Crippen LogP contribution in [0.2, 0.25) is 0 Å². The quantitative estimate of drug-likeness (QED) is 0.839. The zero-order valence-electron chi connectivity index (χ0n) is 13.8. The molecule has 0 bridgehead atoms. The Bertz CT molecular complexity index is 713. The van der Waals surface area contributed by atoms with Crippen molar-refractivity contribution in [1.29, 1.82) is 0 Å². The van der Waals surface area contributed by atoms with E-state index in [-0.39, 0.29) is 24.2 Å². The number of hydrogen-bond donors (Lipinski definition) is 0. The second kappa shape index (κ2) is 7.25. The number of morpholine rings is 1. The van der Waals surface area contributed by atoms with E-state index in [4.69, 9.17) is 9.47 Å². The summed E-state index contributed by atoms with van der Waals surface area (Å²) < 4.78 is 12.0. The fourth-order valence-electron chi connectivity index (χ4n) is 3.60. The van der Waals surface area contributed by atoms with Gasteiger partial charge in [0.15, 0.2) is 0 Å². The number of carbonyl (C=O) groups excluding carboxylic acids is 1. The average molecular weight is 340 g/mol. The van der Waals surface area contributed by atoms with E-state index in [9.17, 15) is 4.79 Å². The monoisotopic (exact) mass is 340 g/mol. The molecular formula is C18H20N4O3. The summed E-state index contributed by atoms with van der Waals surface area (Å²) in [6.45, 7) is 1.61. The molecule has 1 amide bonds. The Morgan fingerprint density at radius 2 is 2.24 bits per heavy atom. The second-order valence-electron chi connectivity index (χ2n) is 6.28. The van der Waals surface area contributed by atoms with Crippen LogP contribution in [0.4, 0.5) is 0 Å². The van der Waals surface area contributed by atoms with E-state index < -0.39 is 0 Å². The van der Waals surface area contributed by atoms with E-state index in [0.29, 0.717) is 25.5 Å². The lowest BCUT2D eigenvalue weighted by Gasteiger charge is -2.38. The van der Waals surface area contributed by atoms with Gasteiger partial charge in [0.2, 0.25) is 0 Å². The predicted molar refractivity (Wildman–Crippen MR) is 88.6 cm³/mol. The lowest BCUT2D eigenvalue weighted by Crippen LogP contribution is -2.54. The molecule has 2 aromatic heterocycles. The number of carbonyl (C=O) groups is 1. The lowest BCUT2D eigenvalue weighted by atomic mass is 10.1. The van der Waals surface area contributed by atoms with Crippen molar-refractivity contribution in [3.8, 4) is 0 Å². The standard InChI is InChI=1S/C18H20N4O3/c23-18(14-5-7-20-12-21-14)22-8-9-24-17-15(22)3-4-16(17)25-11-13-2-1-6-19-10-13/h1-2,5-7,10,12,15-17H,3-4,8-9,11H2/t15-,16-,17-/m0/s1. The molecule has 0 radical (unpaired) electrons. The van der Waals surface area contributed by atoms with Gasteiger partial charge in [0.25, 0.3) is 5.91 Å². The van der Waals surface area contributed by atoms with Gasteiger partial charge < -0.3 is 14.4 Å². The summed E-state index contributed by atoms with van der Waals surface area (Å²) in [5.74, 6) is -0.0615.